The van der Waals surface area contributed by atoms with Crippen LogP contribution in [-0.4, -0.2) is 37.3 Å². The Morgan fingerprint density at radius 3 is 2.64 bits per heavy atom. The van der Waals surface area contributed by atoms with Gasteiger partial charge < -0.3 is 20.5 Å². The van der Waals surface area contributed by atoms with Crippen LogP contribution in [0.2, 0.25) is 0 Å². The molecule has 120 valence electrons. The summed E-state index contributed by atoms with van der Waals surface area (Å²) in [5, 5.41) is 14.1. The number of para-hydroxylation sites is 1. The Hall–Kier alpha value is -2.24. The third-order valence-electron chi connectivity index (χ3n) is 3.97. The highest BCUT2D eigenvalue weighted by Crippen LogP contribution is 2.50. The Morgan fingerprint density at radius 1 is 1.27 bits per heavy atom. The van der Waals surface area contributed by atoms with Gasteiger partial charge in [-0.3, -0.25) is 4.79 Å². The summed E-state index contributed by atoms with van der Waals surface area (Å²) in [6.45, 7) is 0.915. The molecule has 2 rings (SSSR count). The van der Waals surface area contributed by atoms with Crippen LogP contribution in [0.1, 0.15) is 31.2 Å². The van der Waals surface area contributed by atoms with Gasteiger partial charge in [-0.05, 0) is 25.3 Å². The molecule has 1 aliphatic rings. The number of methoxy groups -OCH3 is 1. The Balaban J connectivity index is 1.81. The number of benzene rings is 1. The van der Waals surface area contributed by atoms with Gasteiger partial charge in [-0.25, -0.2) is 4.79 Å². The van der Waals surface area contributed by atoms with Crippen LogP contribution in [0.3, 0.4) is 0 Å². The number of urea groups is 1. The Kier molecular flexibility index (Phi) is 5.25. The van der Waals surface area contributed by atoms with Gasteiger partial charge in [0.2, 0.25) is 0 Å². The molecule has 6 heteroatoms. The molecule has 22 heavy (non-hydrogen) atoms. The highest BCUT2D eigenvalue weighted by molar-refractivity contribution is 5.74. The summed E-state index contributed by atoms with van der Waals surface area (Å²) in [6.07, 6.45) is 2.53. The van der Waals surface area contributed by atoms with E-state index in [1.807, 2.05) is 24.3 Å². The molecule has 1 aliphatic carbocycles. The van der Waals surface area contributed by atoms with E-state index in [0.29, 0.717) is 19.5 Å². The maximum Gasteiger partial charge on any atom is 0.314 e. The third-order valence-corrected chi connectivity index (χ3v) is 3.97. The van der Waals surface area contributed by atoms with E-state index in [4.69, 9.17) is 9.84 Å². The standard InChI is InChI=1S/C16H22N2O4/c1-22-13-6-3-2-5-12(13)16(8-9-16)11-18-15(21)17-10-4-7-14(19)20/h2-3,5-6H,4,7-11H2,1H3,(H,19,20)(H2,17,18,21). The fourth-order valence-electron chi connectivity index (χ4n) is 2.53. The first-order valence-corrected chi connectivity index (χ1v) is 7.44. The van der Waals surface area contributed by atoms with Crippen LogP contribution >= 0.6 is 0 Å². The SMILES string of the molecule is COc1ccccc1C1(CNC(=O)NCCCC(=O)O)CC1. The number of hydrogen-bond acceptors (Lipinski definition) is 3. The predicted octanol–water partition coefficient (Wildman–Crippen LogP) is 1.89. The molecule has 3 N–H and O–H groups in total. The number of ether oxygens (including phenoxy) is 1. The second kappa shape index (κ2) is 7.15. The summed E-state index contributed by atoms with van der Waals surface area (Å²) in [6, 6.07) is 7.62. The van der Waals surface area contributed by atoms with E-state index < -0.39 is 5.97 Å². The lowest BCUT2D eigenvalue weighted by Crippen LogP contribution is -2.40. The molecule has 0 spiro atoms. The molecule has 0 saturated heterocycles. The lowest BCUT2D eigenvalue weighted by Gasteiger charge is -2.19. The van der Waals surface area contributed by atoms with Crippen molar-refractivity contribution in [2.75, 3.05) is 20.2 Å². The van der Waals surface area contributed by atoms with Gasteiger partial charge in [0.05, 0.1) is 7.11 Å². The smallest absolute Gasteiger partial charge is 0.314 e. The van der Waals surface area contributed by atoms with Gasteiger partial charge >= 0.3 is 12.0 Å². The van der Waals surface area contributed by atoms with Crippen LogP contribution in [-0.2, 0) is 10.2 Å². The van der Waals surface area contributed by atoms with Crippen molar-refractivity contribution in [3.8, 4) is 5.75 Å². The summed E-state index contributed by atoms with van der Waals surface area (Å²) >= 11 is 0. The van der Waals surface area contributed by atoms with Crippen molar-refractivity contribution in [3.05, 3.63) is 29.8 Å². The van der Waals surface area contributed by atoms with Crippen molar-refractivity contribution in [1.82, 2.24) is 10.6 Å². The highest BCUT2D eigenvalue weighted by atomic mass is 16.5. The Bertz CT molecular complexity index is 541. The first kappa shape index (κ1) is 16.1. The zero-order chi connectivity index (χ0) is 16.0. The summed E-state index contributed by atoms with van der Waals surface area (Å²) in [5.41, 5.74) is 1.09. The molecule has 0 bridgehead atoms. The van der Waals surface area contributed by atoms with Crippen LogP contribution in [0.25, 0.3) is 0 Å². The van der Waals surface area contributed by atoms with Crippen LogP contribution in [0.15, 0.2) is 24.3 Å². The molecular formula is C16H22N2O4. The van der Waals surface area contributed by atoms with Gasteiger partial charge in [-0.15, -0.1) is 0 Å². The van der Waals surface area contributed by atoms with Gasteiger partial charge in [0.1, 0.15) is 5.75 Å². The Morgan fingerprint density at radius 2 is 2.00 bits per heavy atom. The maximum absolute atomic E-state index is 11.7. The summed E-state index contributed by atoms with van der Waals surface area (Å²) in [7, 11) is 1.65. The quantitative estimate of drug-likeness (QED) is 0.640. The van der Waals surface area contributed by atoms with E-state index in [9.17, 15) is 9.59 Å². The van der Waals surface area contributed by atoms with Crippen LogP contribution in [0.5, 0.6) is 5.75 Å². The lowest BCUT2D eigenvalue weighted by molar-refractivity contribution is -0.137. The van der Waals surface area contributed by atoms with Gasteiger partial charge in [0.15, 0.2) is 0 Å². The minimum absolute atomic E-state index is 0.0367. The molecule has 2 amide bonds. The first-order chi connectivity index (χ1) is 10.6. The predicted molar refractivity (Wildman–Crippen MR) is 82.2 cm³/mol. The molecule has 6 nitrogen and oxygen atoms in total. The molecule has 1 fully saturated rings. The average Bonchev–Trinajstić information content (AvgIpc) is 3.30. The van der Waals surface area contributed by atoms with E-state index in [-0.39, 0.29) is 17.9 Å². The number of aliphatic carboxylic acids is 1. The van der Waals surface area contributed by atoms with E-state index in [0.717, 1.165) is 24.2 Å². The van der Waals surface area contributed by atoms with Gasteiger partial charge in [-0.2, -0.15) is 0 Å². The number of hydrogen-bond donors (Lipinski definition) is 3. The molecular weight excluding hydrogens is 284 g/mol. The number of amides is 2. The number of carbonyl (C=O) groups excluding carboxylic acids is 1. The van der Waals surface area contributed by atoms with Crippen LogP contribution in [0, 0.1) is 0 Å². The summed E-state index contributed by atoms with van der Waals surface area (Å²) < 4.78 is 5.40. The first-order valence-electron chi connectivity index (χ1n) is 7.44. The minimum atomic E-state index is -0.852. The van der Waals surface area contributed by atoms with Crippen molar-refractivity contribution >= 4 is 12.0 Å². The molecule has 1 aromatic carbocycles. The lowest BCUT2D eigenvalue weighted by atomic mass is 9.95. The van der Waals surface area contributed by atoms with Crippen LogP contribution < -0.4 is 15.4 Å². The topological polar surface area (TPSA) is 87.7 Å². The fraction of sp³-hybridized carbons (Fsp3) is 0.500. The molecule has 0 unspecified atom stereocenters. The summed E-state index contributed by atoms with van der Waals surface area (Å²) in [5.74, 6) is -0.000944. The normalized spacial score (nSPS) is 15.0. The molecule has 0 radical (unpaired) electrons. The number of nitrogens with one attached hydrogen (secondary N) is 2. The zero-order valence-electron chi connectivity index (χ0n) is 12.7. The molecule has 0 aliphatic heterocycles. The van der Waals surface area contributed by atoms with Crippen LogP contribution in [0.4, 0.5) is 4.79 Å². The number of carboxylic acid groups (broad SMARTS) is 1. The molecule has 0 aromatic heterocycles. The van der Waals surface area contributed by atoms with E-state index in [1.165, 1.54) is 0 Å². The Labute approximate surface area is 129 Å². The monoisotopic (exact) mass is 306 g/mol. The number of carbonyl (C=O) groups is 2. The van der Waals surface area contributed by atoms with E-state index >= 15 is 0 Å². The third kappa shape index (κ3) is 4.13. The van der Waals surface area contributed by atoms with Crippen molar-refractivity contribution in [2.24, 2.45) is 0 Å². The zero-order valence-corrected chi connectivity index (χ0v) is 12.7. The van der Waals surface area contributed by atoms with E-state index in [1.54, 1.807) is 7.11 Å². The van der Waals surface area contributed by atoms with Crippen molar-refractivity contribution in [2.45, 2.75) is 31.1 Å². The van der Waals surface area contributed by atoms with Crippen molar-refractivity contribution < 1.29 is 19.4 Å². The minimum Gasteiger partial charge on any atom is -0.496 e. The maximum atomic E-state index is 11.7. The van der Waals surface area contributed by atoms with Gasteiger partial charge in [-0.1, -0.05) is 18.2 Å². The highest BCUT2D eigenvalue weighted by Gasteiger charge is 2.46. The second-order valence-electron chi connectivity index (χ2n) is 5.59. The largest absolute Gasteiger partial charge is 0.496 e. The molecule has 1 aromatic rings. The molecule has 1 saturated carbocycles. The fourth-order valence-corrected chi connectivity index (χ4v) is 2.53. The molecule has 0 atom stereocenters. The van der Waals surface area contributed by atoms with Gasteiger partial charge in [0.25, 0.3) is 0 Å². The number of rotatable bonds is 8. The average molecular weight is 306 g/mol. The van der Waals surface area contributed by atoms with Crippen molar-refractivity contribution in [3.63, 3.8) is 0 Å². The molecule has 0 heterocycles. The second-order valence-corrected chi connectivity index (χ2v) is 5.59. The number of carboxylic acids is 1. The van der Waals surface area contributed by atoms with E-state index in [2.05, 4.69) is 10.6 Å². The van der Waals surface area contributed by atoms with Crippen molar-refractivity contribution in [1.29, 1.82) is 0 Å². The van der Waals surface area contributed by atoms with Gasteiger partial charge in [0, 0.05) is 30.5 Å². The summed E-state index contributed by atoms with van der Waals surface area (Å²) in [4.78, 5) is 22.1.